The fourth-order valence-corrected chi connectivity index (χ4v) is 9.83. The Kier molecular flexibility index (Phi) is 9.56. The number of unbranched alkanes of at least 4 members (excludes halogenated alkanes) is 2. The molecular formula is C35H43N3O5S. The van der Waals surface area contributed by atoms with Crippen LogP contribution in [0.15, 0.2) is 79.9 Å². The summed E-state index contributed by atoms with van der Waals surface area (Å²) >= 11 is 1.67. The molecule has 234 valence electrons. The summed E-state index contributed by atoms with van der Waals surface area (Å²) < 4.78 is 4.11. The summed E-state index contributed by atoms with van der Waals surface area (Å²) in [6, 6.07) is 16.1. The summed E-state index contributed by atoms with van der Waals surface area (Å²) in [5.74, 6) is -0.909. The first-order valence-corrected chi connectivity index (χ1v) is 16.2. The fraction of sp³-hybridized carbons (Fsp3) is 0.457. The Morgan fingerprint density at radius 3 is 2.23 bits per heavy atom. The number of aliphatic hydroxyl groups excluding tert-OH is 1. The van der Waals surface area contributed by atoms with Crippen molar-refractivity contribution in [2.45, 2.75) is 54.6 Å². The molecule has 0 aliphatic carbocycles. The average molecular weight is 618 g/mol. The first-order chi connectivity index (χ1) is 21.3. The van der Waals surface area contributed by atoms with Gasteiger partial charge in [0.25, 0.3) is 5.91 Å². The Hall–Kier alpha value is -3.56. The van der Waals surface area contributed by atoms with Gasteiger partial charge in [-0.3, -0.25) is 14.4 Å². The SMILES string of the molecule is C=CCN(C(=O)C1N(CCCCCO)C(=O)[C@@H]2[C@H](C(=O)N(CC=C)c3ccccc3)[C@]3(C)CCC12S3)c1ccc(OC)cc1. The number of aliphatic hydroxyl groups is 1. The predicted molar refractivity (Wildman–Crippen MR) is 176 cm³/mol. The van der Waals surface area contributed by atoms with E-state index in [1.54, 1.807) is 45.7 Å². The van der Waals surface area contributed by atoms with E-state index in [1.807, 2.05) is 54.6 Å². The third kappa shape index (κ3) is 5.45. The molecule has 1 spiro atoms. The number of methoxy groups -OCH3 is 1. The maximum atomic E-state index is 14.8. The quantitative estimate of drug-likeness (QED) is 0.235. The lowest BCUT2D eigenvalue weighted by atomic mass is 9.66. The second kappa shape index (κ2) is 13.2. The van der Waals surface area contributed by atoms with Crippen molar-refractivity contribution in [1.29, 1.82) is 0 Å². The van der Waals surface area contributed by atoms with Crippen molar-refractivity contribution in [3.8, 4) is 5.75 Å². The van der Waals surface area contributed by atoms with E-state index in [1.165, 1.54) is 0 Å². The molecule has 3 heterocycles. The number of hydrogen-bond acceptors (Lipinski definition) is 6. The van der Waals surface area contributed by atoms with E-state index in [9.17, 15) is 19.5 Å². The lowest BCUT2D eigenvalue weighted by molar-refractivity contribution is -0.139. The van der Waals surface area contributed by atoms with Gasteiger partial charge >= 0.3 is 0 Å². The van der Waals surface area contributed by atoms with Crippen LogP contribution in [0.3, 0.4) is 0 Å². The summed E-state index contributed by atoms with van der Waals surface area (Å²) in [7, 11) is 1.60. The molecule has 3 aliphatic heterocycles. The highest BCUT2D eigenvalue weighted by Gasteiger charge is 2.77. The molecular weight excluding hydrogens is 574 g/mol. The Bertz CT molecular complexity index is 1380. The van der Waals surface area contributed by atoms with Crippen molar-refractivity contribution in [2.75, 3.05) is 43.2 Å². The summed E-state index contributed by atoms with van der Waals surface area (Å²) in [4.78, 5) is 49.1. The highest BCUT2D eigenvalue weighted by atomic mass is 32.2. The number of carbonyl (C=O) groups excluding carboxylic acids is 3. The molecule has 2 aromatic carbocycles. The molecule has 5 atom stereocenters. The van der Waals surface area contributed by atoms with Gasteiger partial charge in [0.05, 0.1) is 23.7 Å². The van der Waals surface area contributed by atoms with Gasteiger partial charge in [-0.1, -0.05) is 30.4 Å². The van der Waals surface area contributed by atoms with Gasteiger partial charge in [-0.15, -0.1) is 24.9 Å². The normalized spacial score (nSPS) is 26.8. The summed E-state index contributed by atoms with van der Waals surface area (Å²) in [6.07, 6.45) is 6.85. The molecule has 0 aromatic heterocycles. The topological polar surface area (TPSA) is 90.4 Å². The average Bonchev–Trinajstić information content (AvgIpc) is 3.61. The number of thioether (sulfide) groups is 1. The summed E-state index contributed by atoms with van der Waals surface area (Å²) in [5.41, 5.74) is 1.46. The van der Waals surface area contributed by atoms with Crippen LogP contribution >= 0.6 is 11.8 Å². The van der Waals surface area contributed by atoms with Crippen molar-refractivity contribution < 1.29 is 24.2 Å². The smallest absolute Gasteiger partial charge is 0.251 e. The van der Waals surface area contributed by atoms with Gasteiger partial charge in [-0.25, -0.2) is 0 Å². The zero-order valence-electron chi connectivity index (χ0n) is 25.7. The molecule has 2 bridgehead atoms. The molecule has 1 N–H and O–H groups in total. The molecule has 2 aromatic rings. The molecule has 0 radical (unpaired) electrons. The monoisotopic (exact) mass is 617 g/mol. The Balaban J connectivity index is 1.56. The number of carbonyl (C=O) groups is 3. The number of para-hydroxylation sites is 1. The van der Waals surface area contributed by atoms with E-state index in [4.69, 9.17) is 4.74 Å². The number of rotatable bonds is 14. The zero-order chi connectivity index (χ0) is 31.5. The van der Waals surface area contributed by atoms with E-state index >= 15 is 0 Å². The maximum absolute atomic E-state index is 14.8. The first kappa shape index (κ1) is 31.9. The van der Waals surface area contributed by atoms with E-state index in [0.29, 0.717) is 43.8 Å². The standard InChI is InChI=1S/C35H43N3O5S/c1-5-21-36(25-13-9-7-10-14-25)31(40)28-29-32(41)38(23-11-8-12-24-39)30(35(29)20-19-34(28,3)44-35)33(42)37(22-6-2)26-15-17-27(43-4)18-16-26/h5-7,9-10,13-18,28-30,39H,1-2,8,11-12,19-24H2,3-4H3/t28-,29+,30?,34+,35?/m1/s1. The maximum Gasteiger partial charge on any atom is 0.251 e. The van der Waals surface area contributed by atoms with Crippen molar-refractivity contribution in [3.63, 3.8) is 0 Å². The molecule has 9 heteroatoms. The summed E-state index contributed by atoms with van der Waals surface area (Å²) in [5, 5.41) is 9.36. The minimum atomic E-state index is -0.733. The molecule has 2 unspecified atom stereocenters. The van der Waals surface area contributed by atoms with Crippen LogP contribution in [0.1, 0.15) is 39.0 Å². The highest BCUT2D eigenvalue weighted by Crippen LogP contribution is 2.71. The number of nitrogens with zero attached hydrogens (tertiary/aromatic N) is 3. The number of benzene rings is 2. The van der Waals surface area contributed by atoms with Crippen LogP contribution in [-0.4, -0.2) is 76.6 Å². The van der Waals surface area contributed by atoms with Crippen LogP contribution in [0, 0.1) is 11.8 Å². The van der Waals surface area contributed by atoms with E-state index < -0.39 is 27.4 Å². The molecule has 3 aliphatic rings. The molecule has 3 fully saturated rings. The number of anilines is 2. The van der Waals surface area contributed by atoms with E-state index in [-0.39, 0.29) is 30.9 Å². The molecule has 3 saturated heterocycles. The lowest BCUT2D eigenvalue weighted by Gasteiger charge is -2.38. The van der Waals surface area contributed by atoms with Crippen LogP contribution in [0.2, 0.25) is 0 Å². The van der Waals surface area contributed by atoms with Gasteiger partial charge < -0.3 is 24.5 Å². The Morgan fingerprint density at radius 2 is 1.61 bits per heavy atom. The van der Waals surface area contributed by atoms with E-state index in [0.717, 1.165) is 18.5 Å². The third-order valence-electron chi connectivity index (χ3n) is 9.44. The van der Waals surface area contributed by atoms with Gasteiger partial charge in [0.15, 0.2) is 0 Å². The second-order valence-corrected chi connectivity index (χ2v) is 13.9. The summed E-state index contributed by atoms with van der Waals surface area (Å²) in [6.45, 7) is 11.0. The van der Waals surface area contributed by atoms with Crippen LogP contribution in [0.5, 0.6) is 5.75 Å². The Labute approximate surface area is 264 Å². The lowest BCUT2D eigenvalue weighted by Crippen LogP contribution is -2.55. The van der Waals surface area contributed by atoms with E-state index in [2.05, 4.69) is 20.1 Å². The number of ether oxygens (including phenoxy) is 1. The van der Waals surface area contributed by atoms with Gasteiger partial charge in [0, 0.05) is 42.4 Å². The largest absolute Gasteiger partial charge is 0.497 e. The first-order valence-electron chi connectivity index (χ1n) is 15.4. The molecule has 0 saturated carbocycles. The second-order valence-electron chi connectivity index (χ2n) is 12.1. The predicted octanol–water partition coefficient (Wildman–Crippen LogP) is 5.08. The molecule has 5 rings (SSSR count). The molecule has 8 nitrogen and oxygen atoms in total. The minimum Gasteiger partial charge on any atom is -0.497 e. The fourth-order valence-electron chi connectivity index (χ4n) is 7.48. The van der Waals surface area contributed by atoms with Crippen LogP contribution in [0.4, 0.5) is 11.4 Å². The molecule has 44 heavy (non-hydrogen) atoms. The number of hydrogen-bond donors (Lipinski definition) is 1. The number of fused-ring (bicyclic) bond motifs is 1. The van der Waals surface area contributed by atoms with Crippen molar-refractivity contribution >= 4 is 40.9 Å². The highest BCUT2D eigenvalue weighted by molar-refractivity contribution is 8.02. The van der Waals surface area contributed by atoms with Crippen LogP contribution in [0.25, 0.3) is 0 Å². The number of amides is 3. The number of likely N-dealkylation sites (tertiary alicyclic amines) is 1. The van der Waals surface area contributed by atoms with Gasteiger partial charge in [-0.2, -0.15) is 0 Å². The van der Waals surface area contributed by atoms with Crippen LogP contribution in [-0.2, 0) is 14.4 Å². The van der Waals surface area contributed by atoms with Gasteiger partial charge in [0.2, 0.25) is 11.8 Å². The van der Waals surface area contributed by atoms with Crippen LogP contribution < -0.4 is 14.5 Å². The van der Waals surface area contributed by atoms with Crippen molar-refractivity contribution in [2.24, 2.45) is 11.8 Å². The Morgan fingerprint density at radius 1 is 0.977 bits per heavy atom. The minimum absolute atomic E-state index is 0.0802. The van der Waals surface area contributed by atoms with Crippen molar-refractivity contribution in [3.05, 3.63) is 79.9 Å². The molecule has 3 amide bonds. The van der Waals surface area contributed by atoms with Gasteiger partial charge in [-0.05, 0) is 75.4 Å². The third-order valence-corrected chi connectivity index (χ3v) is 11.4. The zero-order valence-corrected chi connectivity index (χ0v) is 26.5. The van der Waals surface area contributed by atoms with Crippen molar-refractivity contribution in [1.82, 2.24) is 4.90 Å². The van der Waals surface area contributed by atoms with Gasteiger partial charge in [0.1, 0.15) is 11.8 Å².